The second-order valence-electron chi connectivity index (χ2n) is 4.82. The Morgan fingerprint density at radius 1 is 1.33 bits per heavy atom. The van der Waals surface area contributed by atoms with E-state index in [-0.39, 0.29) is 0 Å². The summed E-state index contributed by atoms with van der Waals surface area (Å²) in [7, 11) is 0. The minimum atomic E-state index is 0.917. The zero-order valence-electron chi connectivity index (χ0n) is 11.0. The van der Waals surface area contributed by atoms with E-state index in [1.807, 2.05) is 0 Å². The first-order chi connectivity index (χ1) is 8.79. The molecule has 18 heavy (non-hydrogen) atoms. The predicted octanol–water partition coefficient (Wildman–Crippen LogP) is 0.629. The molecule has 1 aliphatic rings. The second-order valence-corrected chi connectivity index (χ2v) is 5.20. The summed E-state index contributed by atoms with van der Waals surface area (Å²) in [6, 6.07) is 10.7. The first kappa shape index (κ1) is 13.3. The van der Waals surface area contributed by atoms with Crippen LogP contribution in [0, 0.1) is 0 Å². The number of benzene rings is 1. The van der Waals surface area contributed by atoms with Gasteiger partial charge in [0.15, 0.2) is 18.4 Å². The maximum absolute atomic E-state index is 5.32. The average Bonchev–Trinajstić information content (AvgIpc) is 2.41. The molecule has 3 nitrogen and oxygen atoms in total. The summed E-state index contributed by atoms with van der Waals surface area (Å²) in [6.07, 6.45) is 2.28. The molecule has 0 aromatic heterocycles. The van der Waals surface area contributed by atoms with E-state index in [9.17, 15) is 0 Å². The molecular weight excluding hydrogens is 242 g/mol. The molecule has 0 bridgehead atoms. The summed E-state index contributed by atoms with van der Waals surface area (Å²) in [5, 5.41) is 4.24. The summed E-state index contributed by atoms with van der Waals surface area (Å²) in [5.74, 6) is 0. The van der Waals surface area contributed by atoms with Gasteiger partial charge in [0.1, 0.15) is 0 Å². The Labute approximate surface area is 115 Å². The monoisotopic (exact) mass is 264 g/mol. The average molecular weight is 264 g/mol. The number of rotatable bonds is 5. The van der Waals surface area contributed by atoms with E-state index in [4.69, 9.17) is 12.2 Å². The fourth-order valence-corrected chi connectivity index (χ4v) is 2.52. The van der Waals surface area contributed by atoms with Gasteiger partial charge in [-0.15, -0.1) is 0 Å². The van der Waals surface area contributed by atoms with Crippen LogP contribution in [-0.2, 0) is 6.42 Å². The van der Waals surface area contributed by atoms with Crippen molar-refractivity contribution in [2.75, 3.05) is 26.4 Å². The normalized spacial score (nSPS) is 19.7. The molecule has 1 aliphatic heterocycles. The lowest BCUT2D eigenvalue weighted by Crippen LogP contribution is -3.17. The van der Waals surface area contributed by atoms with E-state index in [0.29, 0.717) is 0 Å². The van der Waals surface area contributed by atoms with Gasteiger partial charge >= 0.3 is 0 Å². The number of thiocarbonyl (C=S) groups is 1. The molecule has 0 spiro atoms. The van der Waals surface area contributed by atoms with Gasteiger partial charge < -0.3 is 15.1 Å². The Hall–Kier alpha value is -1.13. The Kier molecular flexibility index (Phi) is 4.96. The molecule has 1 unspecified atom stereocenters. The fraction of sp³-hybridized carbons (Fsp3) is 0.500. The maximum Gasteiger partial charge on any atom is 0.177 e. The van der Waals surface area contributed by atoms with Crippen LogP contribution in [0.5, 0.6) is 0 Å². The maximum atomic E-state index is 5.32. The lowest BCUT2D eigenvalue weighted by molar-refractivity contribution is -0.913. The van der Waals surface area contributed by atoms with Crippen molar-refractivity contribution in [2.45, 2.75) is 19.8 Å². The lowest BCUT2D eigenvalue weighted by Gasteiger charge is -2.35. The highest BCUT2D eigenvalue weighted by Gasteiger charge is 2.22. The largest absolute Gasteiger partial charge is 0.316 e. The standard InChI is InChI=1S/C14H21N3S/c1-2-9-17-12-16(11-15-14(17)18)10-8-13-6-4-3-5-7-13/h3-7H,2,8-12H2,1H3,(H,15,18)/p+1. The number of quaternary nitrogens is 1. The molecule has 1 atom stereocenters. The van der Waals surface area contributed by atoms with Crippen LogP contribution in [0.1, 0.15) is 18.9 Å². The van der Waals surface area contributed by atoms with Crippen LogP contribution < -0.4 is 10.2 Å². The Bertz CT molecular complexity index is 380. The summed E-state index contributed by atoms with van der Waals surface area (Å²) >= 11 is 5.32. The van der Waals surface area contributed by atoms with Gasteiger partial charge in [0, 0.05) is 13.0 Å². The van der Waals surface area contributed by atoms with Gasteiger partial charge in [-0.25, -0.2) is 0 Å². The lowest BCUT2D eigenvalue weighted by atomic mass is 10.1. The Balaban J connectivity index is 1.81. The number of nitrogens with zero attached hydrogens (tertiary/aromatic N) is 1. The molecule has 4 heteroatoms. The predicted molar refractivity (Wildman–Crippen MR) is 78.4 cm³/mol. The molecular formula is C14H22N3S+. The summed E-state index contributed by atoms with van der Waals surface area (Å²) in [4.78, 5) is 3.83. The molecule has 0 aliphatic carbocycles. The van der Waals surface area contributed by atoms with Gasteiger partial charge in [-0.1, -0.05) is 37.3 Å². The molecule has 98 valence electrons. The van der Waals surface area contributed by atoms with Crippen molar-refractivity contribution in [3.05, 3.63) is 35.9 Å². The van der Waals surface area contributed by atoms with E-state index in [2.05, 4.69) is 47.5 Å². The van der Waals surface area contributed by atoms with Gasteiger partial charge in [0.2, 0.25) is 0 Å². The number of nitrogens with one attached hydrogen (secondary N) is 2. The van der Waals surface area contributed by atoms with E-state index in [1.165, 1.54) is 5.56 Å². The van der Waals surface area contributed by atoms with Crippen LogP contribution in [0.4, 0.5) is 0 Å². The third-order valence-electron chi connectivity index (χ3n) is 3.29. The van der Waals surface area contributed by atoms with Gasteiger partial charge in [-0.3, -0.25) is 0 Å². The highest BCUT2D eigenvalue weighted by molar-refractivity contribution is 7.80. The summed E-state index contributed by atoms with van der Waals surface area (Å²) < 4.78 is 0. The number of hydrogen-bond donors (Lipinski definition) is 2. The SMILES string of the molecule is CCCN1C[NH+](CCc2ccccc2)CNC1=S. The van der Waals surface area contributed by atoms with Gasteiger partial charge in [-0.05, 0) is 24.2 Å². The van der Waals surface area contributed by atoms with Crippen molar-refractivity contribution < 1.29 is 4.90 Å². The van der Waals surface area contributed by atoms with Crippen molar-refractivity contribution in [1.29, 1.82) is 0 Å². The van der Waals surface area contributed by atoms with Crippen molar-refractivity contribution in [3.63, 3.8) is 0 Å². The molecule has 1 aromatic carbocycles. The first-order valence-corrected chi connectivity index (χ1v) is 7.10. The molecule has 0 amide bonds. The minimum Gasteiger partial charge on any atom is -0.316 e. The van der Waals surface area contributed by atoms with E-state index >= 15 is 0 Å². The zero-order valence-corrected chi connectivity index (χ0v) is 11.8. The van der Waals surface area contributed by atoms with Crippen molar-refractivity contribution in [3.8, 4) is 0 Å². The van der Waals surface area contributed by atoms with Gasteiger partial charge in [0.25, 0.3) is 0 Å². The van der Waals surface area contributed by atoms with Crippen molar-refractivity contribution >= 4 is 17.3 Å². The molecule has 1 heterocycles. The Morgan fingerprint density at radius 2 is 2.11 bits per heavy atom. The summed E-state index contributed by atoms with van der Waals surface area (Å²) in [6.45, 7) is 6.39. The van der Waals surface area contributed by atoms with Crippen molar-refractivity contribution in [2.24, 2.45) is 0 Å². The van der Waals surface area contributed by atoms with Crippen LogP contribution in [0.15, 0.2) is 30.3 Å². The number of hydrogen-bond acceptors (Lipinski definition) is 1. The van der Waals surface area contributed by atoms with Crippen LogP contribution in [0.2, 0.25) is 0 Å². The third kappa shape index (κ3) is 3.68. The van der Waals surface area contributed by atoms with Crippen LogP contribution in [-0.4, -0.2) is 36.4 Å². The quantitative estimate of drug-likeness (QED) is 0.761. The van der Waals surface area contributed by atoms with E-state index in [0.717, 1.165) is 44.4 Å². The zero-order chi connectivity index (χ0) is 12.8. The van der Waals surface area contributed by atoms with E-state index in [1.54, 1.807) is 4.90 Å². The topological polar surface area (TPSA) is 19.7 Å². The highest BCUT2D eigenvalue weighted by atomic mass is 32.1. The van der Waals surface area contributed by atoms with Crippen molar-refractivity contribution in [1.82, 2.24) is 10.2 Å². The summed E-state index contributed by atoms with van der Waals surface area (Å²) in [5.41, 5.74) is 1.42. The van der Waals surface area contributed by atoms with Crippen LogP contribution in [0.3, 0.4) is 0 Å². The molecule has 1 aromatic rings. The molecule has 0 radical (unpaired) electrons. The Morgan fingerprint density at radius 3 is 2.83 bits per heavy atom. The fourth-order valence-electron chi connectivity index (χ4n) is 2.29. The molecule has 2 N–H and O–H groups in total. The smallest absolute Gasteiger partial charge is 0.177 e. The molecule has 2 rings (SSSR count). The van der Waals surface area contributed by atoms with Crippen LogP contribution >= 0.6 is 12.2 Å². The van der Waals surface area contributed by atoms with Crippen LogP contribution in [0.25, 0.3) is 0 Å². The first-order valence-electron chi connectivity index (χ1n) is 6.70. The molecule has 1 fully saturated rings. The van der Waals surface area contributed by atoms with Gasteiger partial charge in [0.05, 0.1) is 6.54 Å². The second kappa shape index (κ2) is 6.71. The highest BCUT2D eigenvalue weighted by Crippen LogP contribution is 1.98. The third-order valence-corrected chi connectivity index (χ3v) is 3.70. The molecule has 0 saturated carbocycles. The van der Waals surface area contributed by atoms with E-state index < -0.39 is 0 Å². The molecule has 1 saturated heterocycles. The minimum absolute atomic E-state index is 0.917. The van der Waals surface area contributed by atoms with Gasteiger partial charge in [-0.2, -0.15) is 0 Å².